The molecule has 4 nitrogen and oxygen atoms in total. The standard InChI is InChI=1S/C19H26N2O2S/c1-19(2,3)16-13-24-18(20-16)15-8-4-5-11-21(15)17(22)10-9-14-7-6-12-23-14/h6-7,12-13,15H,4-5,8-11H2,1-3H3/t15-/m0/s1. The summed E-state index contributed by atoms with van der Waals surface area (Å²) in [5, 5.41) is 3.24. The zero-order valence-electron chi connectivity index (χ0n) is 14.7. The molecule has 1 fully saturated rings. The number of thiazole rings is 1. The van der Waals surface area contributed by atoms with Crippen molar-refractivity contribution in [1.82, 2.24) is 9.88 Å². The summed E-state index contributed by atoms with van der Waals surface area (Å²) in [6.45, 7) is 7.38. The van der Waals surface area contributed by atoms with E-state index in [0.717, 1.165) is 42.3 Å². The SMILES string of the molecule is CC(C)(C)c1csc([C@@H]2CCCCN2C(=O)CCc2ccco2)n1. The van der Waals surface area contributed by atoms with Crippen LogP contribution in [0.1, 0.15) is 69.0 Å². The van der Waals surface area contributed by atoms with Crippen molar-refractivity contribution in [3.8, 4) is 0 Å². The van der Waals surface area contributed by atoms with E-state index in [1.54, 1.807) is 17.6 Å². The van der Waals surface area contributed by atoms with Gasteiger partial charge in [0.15, 0.2) is 0 Å². The lowest BCUT2D eigenvalue weighted by Crippen LogP contribution is -2.38. The molecule has 0 spiro atoms. The van der Waals surface area contributed by atoms with Gasteiger partial charge in [0.1, 0.15) is 10.8 Å². The van der Waals surface area contributed by atoms with Crippen molar-refractivity contribution in [2.75, 3.05) is 6.54 Å². The van der Waals surface area contributed by atoms with Gasteiger partial charge in [-0.05, 0) is 31.4 Å². The summed E-state index contributed by atoms with van der Waals surface area (Å²) in [7, 11) is 0. The summed E-state index contributed by atoms with van der Waals surface area (Å²) < 4.78 is 5.34. The highest BCUT2D eigenvalue weighted by atomic mass is 32.1. The number of aryl methyl sites for hydroxylation is 1. The number of rotatable bonds is 4. The molecule has 0 radical (unpaired) electrons. The van der Waals surface area contributed by atoms with Gasteiger partial charge in [-0.3, -0.25) is 4.79 Å². The Hall–Kier alpha value is -1.62. The van der Waals surface area contributed by atoms with Crippen molar-refractivity contribution in [3.05, 3.63) is 40.2 Å². The fraction of sp³-hybridized carbons (Fsp3) is 0.579. The van der Waals surface area contributed by atoms with E-state index in [2.05, 4.69) is 26.2 Å². The third-order valence-electron chi connectivity index (χ3n) is 4.56. The third-order valence-corrected chi connectivity index (χ3v) is 5.51. The second-order valence-electron chi connectivity index (χ2n) is 7.50. The van der Waals surface area contributed by atoms with Gasteiger partial charge in [0, 0.05) is 30.2 Å². The number of hydrogen-bond acceptors (Lipinski definition) is 4. The van der Waals surface area contributed by atoms with Crippen LogP contribution in [0, 0.1) is 0 Å². The number of furan rings is 1. The van der Waals surface area contributed by atoms with Gasteiger partial charge in [-0.25, -0.2) is 4.98 Å². The molecule has 24 heavy (non-hydrogen) atoms. The molecule has 1 amide bonds. The summed E-state index contributed by atoms with van der Waals surface area (Å²) >= 11 is 1.70. The smallest absolute Gasteiger partial charge is 0.223 e. The van der Waals surface area contributed by atoms with E-state index in [1.807, 2.05) is 17.0 Å². The van der Waals surface area contributed by atoms with Gasteiger partial charge in [-0.1, -0.05) is 20.8 Å². The van der Waals surface area contributed by atoms with Crippen molar-refractivity contribution in [2.24, 2.45) is 0 Å². The predicted octanol–water partition coefficient (Wildman–Crippen LogP) is 4.72. The van der Waals surface area contributed by atoms with Crippen molar-refractivity contribution in [3.63, 3.8) is 0 Å². The van der Waals surface area contributed by atoms with Crippen LogP contribution in [0.25, 0.3) is 0 Å². The number of nitrogens with zero attached hydrogens (tertiary/aromatic N) is 2. The molecule has 3 heterocycles. The molecular weight excluding hydrogens is 320 g/mol. The van der Waals surface area contributed by atoms with Crippen LogP contribution in [0.5, 0.6) is 0 Å². The highest BCUT2D eigenvalue weighted by molar-refractivity contribution is 7.09. The molecule has 1 atom stereocenters. The lowest BCUT2D eigenvalue weighted by molar-refractivity contribution is -0.135. The number of carbonyl (C=O) groups excluding carboxylic acids is 1. The maximum Gasteiger partial charge on any atom is 0.223 e. The Kier molecular flexibility index (Phi) is 5.09. The Morgan fingerprint density at radius 3 is 2.92 bits per heavy atom. The first-order valence-corrected chi connectivity index (χ1v) is 9.61. The molecule has 0 unspecified atom stereocenters. The van der Waals surface area contributed by atoms with Gasteiger partial charge in [0.2, 0.25) is 5.91 Å². The first-order valence-electron chi connectivity index (χ1n) is 8.73. The van der Waals surface area contributed by atoms with Gasteiger partial charge in [-0.15, -0.1) is 11.3 Å². The van der Waals surface area contributed by atoms with E-state index in [-0.39, 0.29) is 17.4 Å². The zero-order chi connectivity index (χ0) is 17.2. The van der Waals surface area contributed by atoms with Crippen LogP contribution in [0.15, 0.2) is 28.2 Å². The third kappa shape index (κ3) is 3.89. The summed E-state index contributed by atoms with van der Waals surface area (Å²) in [5.74, 6) is 1.09. The van der Waals surface area contributed by atoms with Crippen LogP contribution in [0.3, 0.4) is 0 Å². The summed E-state index contributed by atoms with van der Waals surface area (Å²) in [5.41, 5.74) is 1.17. The Bertz CT molecular complexity index is 670. The lowest BCUT2D eigenvalue weighted by atomic mass is 9.93. The number of piperidine rings is 1. The van der Waals surface area contributed by atoms with Crippen molar-refractivity contribution in [1.29, 1.82) is 0 Å². The molecule has 3 rings (SSSR count). The number of likely N-dealkylation sites (tertiary alicyclic amines) is 1. The molecule has 1 aliphatic heterocycles. The minimum Gasteiger partial charge on any atom is -0.469 e. The molecule has 0 N–H and O–H groups in total. The fourth-order valence-electron chi connectivity index (χ4n) is 3.10. The predicted molar refractivity (Wildman–Crippen MR) is 96.1 cm³/mol. The Labute approximate surface area is 147 Å². The normalized spacial score (nSPS) is 18.8. The van der Waals surface area contributed by atoms with E-state index >= 15 is 0 Å². The topological polar surface area (TPSA) is 46.3 Å². The van der Waals surface area contributed by atoms with Gasteiger partial charge in [0.05, 0.1) is 18.0 Å². The number of aromatic nitrogens is 1. The van der Waals surface area contributed by atoms with E-state index in [4.69, 9.17) is 9.40 Å². The molecule has 2 aromatic rings. The second kappa shape index (κ2) is 7.09. The number of amides is 1. The zero-order valence-corrected chi connectivity index (χ0v) is 15.6. The molecule has 2 aromatic heterocycles. The monoisotopic (exact) mass is 346 g/mol. The molecule has 1 saturated heterocycles. The van der Waals surface area contributed by atoms with Gasteiger partial charge in [0.25, 0.3) is 0 Å². The Morgan fingerprint density at radius 2 is 2.25 bits per heavy atom. The Balaban J connectivity index is 1.70. The second-order valence-corrected chi connectivity index (χ2v) is 8.39. The van der Waals surface area contributed by atoms with Crippen LogP contribution >= 0.6 is 11.3 Å². The molecular formula is C19H26N2O2S. The summed E-state index contributed by atoms with van der Waals surface area (Å²) in [6.07, 6.45) is 6.09. The van der Waals surface area contributed by atoms with E-state index in [0.29, 0.717) is 12.8 Å². The van der Waals surface area contributed by atoms with Crippen molar-refractivity contribution in [2.45, 2.75) is 64.3 Å². The van der Waals surface area contributed by atoms with Crippen molar-refractivity contribution >= 4 is 17.2 Å². The molecule has 0 saturated carbocycles. The highest BCUT2D eigenvalue weighted by Gasteiger charge is 2.31. The minimum absolute atomic E-state index is 0.0531. The summed E-state index contributed by atoms with van der Waals surface area (Å²) in [6, 6.07) is 3.94. The number of carbonyl (C=O) groups is 1. The quantitative estimate of drug-likeness (QED) is 0.805. The van der Waals surface area contributed by atoms with Crippen LogP contribution in [0.4, 0.5) is 0 Å². The molecule has 5 heteroatoms. The molecule has 0 aromatic carbocycles. The largest absolute Gasteiger partial charge is 0.469 e. The van der Waals surface area contributed by atoms with E-state index in [1.165, 1.54) is 0 Å². The lowest BCUT2D eigenvalue weighted by Gasteiger charge is -2.34. The molecule has 0 aliphatic carbocycles. The van der Waals surface area contributed by atoms with Gasteiger partial charge < -0.3 is 9.32 Å². The van der Waals surface area contributed by atoms with Crippen LogP contribution in [0.2, 0.25) is 0 Å². The summed E-state index contributed by atoms with van der Waals surface area (Å²) in [4.78, 5) is 19.6. The van der Waals surface area contributed by atoms with Gasteiger partial charge in [-0.2, -0.15) is 0 Å². The maximum atomic E-state index is 12.7. The molecule has 0 bridgehead atoms. The minimum atomic E-state index is 0.0531. The van der Waals surface area contributed by atoms with E-state index < -0.39 is 0 Å². The average molecular weight is 346 g/mol. The first kappa shape index (κ1) is 17.2. The fourth-order valence-corrected chi connectivity index (χ4v) is 4.29. The average Bonchev–Trinajstić information content (AvgIpc) is 3.23. The van der Waals surface area contributed by atoms with Crippen LogP contribution < -0.4 is 0 Å². The van der Waals surface area contributed by atoms with Crippen LogP contribution in [-0.2, 0) is 16.6 Å². The molecule has 130 valence electrons. The maximum absolute atomic E-state index is 12.7. The highest BCUT2D eigenvalue weighted by Crippen LogP contribution is 2.35. The molecule has 1 aliphatic rings. The van der Waals surface area contributed by atoms with Crippen molar-refractivity contribution < 1.29 is 9.21 Å². The Morgan fingerprint density at radius 1 is 1.42 bits per heavy atom. The number of hydrogen-bond donors (Lipinski definition) is 0. The van der Waals surface area contributed by atoms with E-state index in [9.17, 15) is 4.79 Å². The van der Waals surface area contributed by atoms with Crippen LogP contribution in [-0.4, -0.2) is 22.3 Å². The first-order chi connectivity index (χ1) is 11.4. The van der Waals surface area contributed by atoms with Gasteiger partial charge >= 0.3 is 0 Å².